The first kappa shape index (κ1) is 24.3. The second-order valence-corrected chi connectivity index (χ2v) is 9.55. The summed E-state index contributed by atoms with van der Waals surface area (Å²) in [7, 11) is 0. The third kappa shape index (κ3) is 5.05. The zero-order chi connectivity index (χ0) is 26.4. The van der Waals surface area contributed by atoms with E-state index in [2.05, 4.69) is 181 Å². The molecule has 2 nitrogen and oxygen atoms in total. The fourth-order valence-corrected chi connectivity index (χ4v) is 5.06. The van der Waals surface area contributed by atoms with Crippen molar-refractivity contribution in [3.05, 3.63) is 169 Å². The molecule has 2 heteroatoms. The van der Waals surface area contributed by atoms with Crippen LogP contribution < -0.4 is 9.80 Å². The number of benzene rings is 6. The number of aryl methyl sites for hydroxylation is 1. The molecule has 0 saturated heterocycles. The van der Waals surface area contributed by atoms with Gasteiger partial charge in [0.05, 0.1) is 11.4 Å². The second kappa shape index (κ2) is 11.1. The topological polar surface area (TPSA) is 6.48 Å². The number of rotatable bonds is 7. The molecule has 0 bridgehead atoms. The number of hydrogen-bond acceptors (Lipinski definition) is 2. The molecule has 6 aromatic carbocycles. The molecular weight excluding hydrogens is 472 g/mol. The van der Waals surface area contributed by atoms with Gasteiger partial charge in [0.1, 0.15) is 0 Å². The lowest BCUT2D eigenvalue weighted by Gasteiger charge is -2.34. The minimum Gasteiger partial charge on any atom is -0.308 e. The van der Waals surface area contributed by atoms with E-state index in [1.165, 1.54) is 11.1 Å². The Labute approximate surface area is 231 Å². The van der Waals surface area contributed by atoms with E-state index in [4.69, 9.17) is 0 Å². The van der Waals surface area contributed by atoms with Gasteiger partial charge >= 0.3 is 0 Å². The molecule has 0 aliphatic rings. The van der Waals surface area contributed by atoms with Gasteiger partial charge in [-0.2, -0.15) is 0 Å². The summed E-state index contributed by atoms with van der Waals surface area (Å²) in [4.78, 5) is 4.74. The van der Waals surface area contributed by atoms with E-state index in [-0.39, 0.29) is 0 Å². The highest BCUT2D eigenvalue weighted by Gasteiger charge is 2.25. The van der Waals surface area contributed by atoms with Gasteiger partial charge in [0.25, 0.3) is 0 Å². The summed E-state index contributed by atoms with van der Waals surface area (Å²) in [6.07, 6.45) is 0. The quantitative estimate of drug-likeness (QED) is 0.214. The maximum atomic E-state index is 2.38. The Morgan fingerprint density at radius 3 is 1.31 bits per heavy atom. The van der Waals surface area contributed by atoms with Gasteiger partial charge in [-0.25, -0.2) is 0 Å². The third-order valence-corrected chi connectivity index (χ3v) is 6.90. The van der Waals surface area contributed by atoms with Crippen molar-refractivity contribution in [3.8, 4) is 11.1 Å². The molecule has 0 fully saturated rings. The SMILES string of the molecule is Cc1ccc(N(c2ccccc2)c2cccc(-c3ccccc3)c2N(c2ccccc2)c2ccccc2)cc1. The van der Waals surface area contributed by atoms with Crippen molar-refractivity contribution in [1.82, 2.24) is 0 Å². The Kier molecular flexibility index (Phi) is 6.92. The van der Waals surface area contributed by atoms with Crippen LogP contribution in [0.15, 0.2) is 164 Å². The van der Waals surface area contributed by atoms with Crippen LogP contribution in [-0.4, -0.2) is 0 Å². The smallest absolute Gasteiger partial charge is 0.0781 e. The van der Waals surface area contributed by atoms with Crippen LogP contribution in [0.3, 0.4) is 0 Å². The highest BCUT2D eigenvalue weighted by atomic mass is 15.2. The van der Waals surface area contributed by atoms with Crippen molar-refractivity contribution in [2.45, 2.75) is 6.92 Å². The Hall–Kier alpha value is -5.08. The summed E-state index contributed by atoms with van der Waals surface area (Å²) in [5.41, 5.74) is 10.2. The summed E-state index contributed by atoms with van der Waals surface area (Å²) in [6.45, 7) is 2.13. The van der Waals surface area contributed by atoms with E-state index >= 15 is 0 Å². The lowest BCUT2D eigenvalue weighted by atomic mass is 9.99. The number of anilines is 6. The predicted molar refractivity (Wildman–Crippen MR) is 166 cm³/mol. The molecule has 0 aliphatic heterocycles. The van der Waals surface area contributed by atoms with Crippen molar-refractivity contribution in [2.24, 2.45) is 0 Å². The monoisotopic (exact) mass is 502 g/mol. The molecule has 0 radical (unpaired) electrons. The molecule has 188 valence electrons. The molecule has 0 atom stereocenters. The molecule has 39 heavy (non-hydrogen) atoms. The van der Waals surface area contributed by atoms with Gasteiger partial charge < -0.3 is 9.80 Å². The van der Waals surface area contributed by atoms with Gasteiger partial charge in [-0.15, -0.1) is 0 Å². The lowest BCUT2D eigenvalue weighted by Crippen LogP contribution is -2.17. The van der Waals surface area contributed by atoms with Crippen molar-refractivity contribution in [3.63, 3.8) is 0 Å². The van der Waals surface area contributed by atoms with Crippen LogP contribution in [0.4, 0.5) is 34.1 Å². The average molecular weight is 503 g/mol. The first-order chi connectivity index (χ1) is 19.3. The van der Waals surface area contributed by atoms with Gasteiger partial charge in [-0.3, -0.25) is 0 Å². The molecule has 0 aliphatic carbocycles. The van der Waals surface area contributed by atoms with Crippen LogP contribution in [0.25, 0.3) is 11.1 Å². The highest BCUT2D eigenvalue weighted by Crippen LogP contribution is 2.49. The van der Waals surface area contributed by atoms with Crippen molar-refractivity contribution in [1.29, 1.82) is 0 Å². The molecule has 0 amide bonds. The van der Waals surface area contributed by atoms with Crippen molar-refractivity contribution < 1.29 is 0 Å². The third-order valence-electron chi connectivity index (χ3n) is 6.90. The number of para-hydroxylation sites is 4. The van der Waals surface area contributed by atoms with Crippen LogP contribution in [0.1, 0.15) is 5.56 Å². The highest BCUT2D eigenvalue weighted by molar-refractivity contribution is 5.99. The van der Waals surface area contributed by atoms with Gasteiger partial charge in [0, 0.05) is 28.3 Å². The van der Waals surface area contributed by atoms with E-state index in [1.54, 1.807) is 0 Å². The Morgan fingerprint density at radius 2 is 0.795 bits per heavy atom. The van der Waals surface area contributed by atoms with Crippen molar-refractivity contribution >= 4 is 34.1 Å². The van der Waals surface area contributed by atoms with Gasteiger partial charge in [-0.1, -0.05) is 115 Å². The zero-order valence-electron chi connectivity index (χ0n) is 22.0. The predicted octanol–water partition coefficient (Wildman–Crippen LogP) is 10.6. The Balaban J connectivity index is 1.70. The maximum absolute atomic E-state index is 2.38. The van der Waals surface area contributed by atoms with Crippen LogP contribution in [0.5, 0.6) is 0 Å². The van der Waals surface area contributed by atoms with E-state index < -0.39 is 0 Å². The summed E-state index contributed by atoms with van der Waals surface area (Å²) in [5.74, 6) is 0. The van der Waals surface area contributed by atoms with E-state index in [0.717, 1.165) is 39.7 Å². The molecule has 6 rings (SSSR count). The van der Waals surface area contributed by atoms with Gasteiger partial charge in [-0.05, 0) is 67.1 Å². The van der Waals surface area contributed by atoms with Crippen molar-refractivity contribution in [2.75, 3.05) is 9.80 Å². The zero-order valence-corrected chi connectivity index (χ0v) is 22.0. The first-order valence-electron chi connectivity index (χ1n) is 13.3. The maximum Gasteiger partial charge on any atom is 0.0781 e. The second-order valence-electron chi connectivity index (χ2n) is 9.55. The molecule has 0 heterocycles. The molecule has 0 saturated carbocycles. The normalized spacial score (nSPS) is 10.7. The molecule has 0 spiro atoms. The average Bonchev–Trinajstić information content (AvgIpc) is 3.01. The number of nitrogens with zero attached hydrogens (tertiary/aromatic N) is 2. The number of hydrogen-bond donors (Lipinski definition) is 0. The fourth-order valence-electron chi connectivity index (χ4n) is 5.06. The Morgan fingerprint density at radius 1 is 0.359 bits per heavy atom. The van der Waals surface area contributed by atoms with Gasteiger partial charge in [0.2, 0.25) is 0 Å². The molecule has 0 unspecified atom stereocenters. The molecule has 0 N–H and O–H groups in total. The minimum absolute atomic E-state index is 1.10. The van der Waals surface area contributed by atoms with Crippen LogP contribution in [-0.2, 0) is 0 Å². The van der Waals surface area contributed by atoms with Gasteiger partial charge in [0.15, 0.2) is 0 Å². The standard InChI is InChI=1S/C37H30N2/c1-29-25-27-34(28-26-29)38(31-17-8-3-9-18-31)36-24-14-23-35(30-15-6-2-7-16-30)37(36)39(32-19-10-4-11-20-32)33-21-12-5-13-22-33/h2-28H,1H3. The minimum atomic E-state index is 1.10. The van der Waals surface area contributed by atoms with Crippen LogP contribution in [0, 0.1) is 6.92 Å². The van der Waals surface area contributed by atoms with Crippen LogP contribution in [0.2, 0.25) is 0 Å². The lowest BCUT2D eigenvalue weighted by molar-refractivity contribution is 1.22. The molecule has 0 aromatic heterocycles. The van der Waals surface area contributed by atoms with Crippen LogP contribution >= 0.6 is 0 Å². The first-order valence-corrected chi connectivity index (χ1v) is 13.3. The Bertz CT molecular complexity index is 1590. The molecule has 6 aromatic rings. The summed E-state index contributed by atoms with van der Waals surface area (Å²) in [6, 6.07) is 57.9. The van der Waals surface area contributed by atoms with E-state index in [0.29, 0.717) is 0 Å². The largest absolute Gasteiger partial charge is 0.308 e. The summed E-state index contributed by atoms with van der Waals surface area (Å²) >= 11 is 0. The fraction of sp³-hybridized carbons (Fsp3) is 0.0270. The summed E-state index contributed by atoms with van der Waals surface area (Å²) < 4.78 is 0. The van der Waals surface area contributed by atoms with E-state index in [1.807, 2.05) is 0 Å². The summed E-state index contributed by atoms with van der Waals surface area (Å²) in [5, 5.41) is 0. The van der Waals surface area contributed by atoms with E-state index in [9.17, 15) is 0 Å². The molecular formula is C37H30N2.